The Labute approximate surface area is 107 Å². The van der Waals surface area contributed by atoms with Gasteiger partial charge in [-0.05, 0) is 0 Å². The van der Waals surface area contributed by atoms with Crippen molar-refractivity contribution in [3.63, 3.8) is 0 Å². The quantitative estimate of drug-likeness (QED) is 0.473. The maximum Gasteiger partial charge on any atom is 0.306 e. The molecular weight excluding hydrogens is 282 g/mol. The van der Waals surface area contributed by atoms with Crippen LogP contribution in [0.2, 0.25) is 0 Å². The number of nitrogens with zero attached hydrogens (tertiary/aromatic N) is 2. The van der Waals surface area contributed by atoms with Crippen LogP contribution in [-0.2, 0) is 10.0 Å². The molecule has 0 fully saturated rings. The first-order chi connectivity index (χ1) is 8.71. The molecule has 0 amide bonds. The Morgan fingerprint density at radius 2 is 2.00 bits per heavy atom. The van der Waals surface area contributed by atoms with Crippen molar-refractivity contribution in [1.29, 1.82) is 0 Å². The van der Waals surface area contributed by atoms with Gasteiger partial charge in [0.05, 0.1) is 11.5 Å². The molecule has 9 heteroatoms. The highest BCUT2D eigenvalue weighted by molar-refractivity contribution is 7.89. The van der Waals surface area contributed by atoms with E-state index in [1.54, 1.807) is 0 Å². The molecule has 0 N–H and O–H groups in total. The first-order valence-electron chi connectivity index (χ1n) is 4.75. The highest BCUT2D eigenvalue weighted by Gasteiger charge is 2.29. The topological polar surface area (TPSA) is 80.5 Å². The maximum absolute atomic E-state index is 13.5. The molecule has 0 unspecified atom stereocenters. The van der Waals surface area contributed by atoms with E-state index in [4.69, 9.17) is 6.42 Å². The van der Waals surface area contributed by atoms with E-state index in [0.717, 1.165) is 7.05 Å². The Balaban J connectivity index is 3.48. The van der Waals surface area contributed by atoms with E-state index in [1.165, 1.54) is 0 Å². The van der Waals surface area contributed by atoms with Crippen LogP contribution in [0.25, 0.3) is 0 Å². The van der Waals surface area contributed by atoms with E-state index < -0.39 is 37.2 Å². The van der Waals surface area contributed by atoms with Gasteiger partial charge in [0, 0.05) is 19.2 Å². The molecule has 0 spiro atoms. The summed E-state index contributed by atoms with van der Waals surface area (Å²) in [4.78, 5) is 8.36. The fourth-order valence-corrected chi connectivity index (χ4v) is 2.38. The lowest BCUT2D eigenvalue weighted by Crippen LogP contribution is -2.28. The molecule has 0 saturated heterocycles. The van der Waals surface area contributed by atoms with E-state index in [0.29, 0.717) is 10.4 Å². The summed E-state index contributed by atoms with van der Waals surface area (Å²) in [6, 6.07) is 0.474. The minimum absolute atomic E-state index is 0.148. The van der Waals surface area contributed by atoms with Crippen LogP contribution in [0.1, 0.15) is 0 Å². The van der Waals surface area contributed by atoms with Crippen molar-refractivity contribution in [3.05, 3.63) is 33.9 Å². The Hall–Kier alpha value is -2.05. The van der Waals surface area contributed by atoms with Gasteiger partial charge in [-0.15, -0.1) is 6.42 Å². The number of nitro benzene ring substituents is 1. The van der Waals surface area contributed by atoms with Crippen molar-refractivity contribution < 1.29 is 22.1 Å². The summed E-state index contributed by atoms with van der Waals surface area (Å²) < 4.78 is 50.9. The number of hydrogen-bond acceptors (Lipinski definition) is 4. The molecule has 19 heavy (non-hydrogen) atoms. The Morgan fingerprint density at radius 1 is 1.42 bits per heavy atom. The van der Waals surface area contributed by atoms with Gasteiger partial charge in [-0.3, -0.25) is 10.1 Å². The Kier molecular flexibility index (Phi) is 4.18. The molecule has 0 heterocycles. The van der Waals surface area contributed by atoms with E-state index in [9.17, 15) is 27.3 Å². The third-order valence-electron chi connectivity index (χ3n) is 2.20. The molecule has 0 saturated carbocycles. The van der Waals surface area contributed by atoms with Gasteiger partial charge < -0.3 is 0 Å². The zero-order chi connectivity index (χ0) is 14.8. The van der Waals surface area contributed by atoms with Crippen LogP contribution >= 0.6 is 0 Å². The van der Waals surface area contributed by atoms with E-state index >= 15 is 0 Å². The number of rotatable bonds is 4. The molecular formula is C10H8F2N2O4S. The van der Waals surface area contributed by atoms with Crippen LogP contribution in [0.3, 0.4) is 0 Å². The SMILES string of the molecule is C#CCN(C)S(=O)(=O)c1cc([N+](=O)[O-])c(F)cc1F. The van der Waals surface area contributed by atoms with Gasteiger partial charge in [-0.1, -0.05) is 5.92 Å². The molecule has 0 aromatic heterocycles. The summed E-state index contributed by atoms with van der Waals surface area (Å²) in [7, 11) is -3.29. The van der Waals surface area contributed by atoms with Crippen LogP contribution in [0.4, 0.5) is 14.5 Å². The number of nitro groups is 1. The molecule has 1 aromatic rings. The lowest BCUT2D eigenvalue weighted by Gasteiger charge is -2.14. The average molecular weight is 290 g/mol. The fourth-order valence-electron chi connectivity index (χ4n) is 1.24. The van der Waals surface area contributed by atoms with Crippen LogP contribution in [0.5, 0.6) is 0 Å². The van der Waals surface area contributed by atoms with Gasteiger partial charge in [0.15, 0.2) is 0 Å². The summed E-state index contributed by atoms with van der Waals surface area (Å²) in [5, 5.41) is 10.5. The Morgan fingerprint density at radius 3 is 2.47 bits per heavy atom. The molecule has 0 radical (unpaired) electrons. The van der Waals surface area contributed by atoms with Crippen LogP contribution in [-0.4, -0.2) is 31.2 Å². The monoisotopic (exact) mass is 290 g/mol. The lowest BCUT2D eigenvalue weighted by atomic mass is 10.3. The highest BCUT2D eigenvalue weighted by atomic mass is 32.2. The molecule has 0 aliphatic carbocycles. The predicted molar refractivity (Wildman–Crippen MR) is 61.7 cm³/mol. The second-order valence-electron chi connectivity index (χ2n) is 3.46. The molecule has 0 aliphatic rings. The molecule has 0 aliphatic heterocycles. The van der Waals surface area contributed by atoms with Crippen molar-refractivity contribution in [2.75, 3.05) is 13.6 Å². The van der Waals surface area contributed by atoms with Gasteiger partial charge in [0.1, 0.15) is 10.7 Å². The number of sulfonamides is 1. The normalized spacial score (nSPS) is 11.3. The molecule has 1 rings (SSSR count). The molecule has 6 nitrogen and oxygen atoms in total. The molecule has 102 valence electrons. The largest absolute Gasteiger partial charge is 0.306 e. The minimum atomic E-state index is -4.36. The van der Waals surface area contributed by atoms with E-state index in [1.807, 2.05) is 5.92 Å². The van der Waals surface area contributed by atoms with Crippen LogP contribution < -0.4 is 0 Å². The third kappa shape index (κ3) is 2.86. The number of halogens is 2. The lowest BCUT2D eigenvalue weighted by molar-refractivity contribution is -0.387. The van der Waals surface area contributed by atoms with Crippen molar-refractivity contribution in [2.45, 2.75) is 4.90 Å². The fraction of sp³-hybridized carbons (Fsp3) is 0.200. The standard InChI is InChI=1S/C10H8F2N2O4S/c1-3-4-13(2)19(17,18)10-6-9(14(15)16)7(11)5-8(10)12/h1,5-6H,4H2,2H3. The Bertz CT molecular complexity index is 667. The first-order valence-corrected chi connectivity index (χ1v) is 6.19. The van der Waals surface area contributed by atoms with E-state index in [-0.39, 0.29) is 12.6 Å². The number of benzene rings is 1. The minimum Gasteiger partial charge on any atom is -0.258 e. The zero-order valence-corrected chi connectivity index (χ0v) is 10.4. The molecule has 1 aromatic carbocycles. The van der Waals surface area contributed by atoms with Gasteiger partial charge in [0.2, 0.25) is 15.8 Å². The van der Waals surface area contributed by atoms with Crippen molar-refractivity contribution in [1.82, 2.24) is 4.31 Å². The second kappa shape index (κ2) is 5.29. The summed E-state index contributed by atoms with van der Waals surface area (Å²) in [5.41, 5.74) is -1.13. The summed E-state index contributed by atoms with van der Waals surface area (Å²) in [5.74, 6) is -0.854. The van der Waals surface area contributed by atoms with E-state index in [2.05, 4.69) is 0 Å². The smallest absolute Gasteiger partial charge is 0.258 e. The highest BCUT2D eigenvalue weighted by Crippen LogP contribution is 2.26. The third-order valence-corrected chi connectivity index (χ3v) is 4.02. The summed E-state index contributed by atoms with van der Waals surface area (Å²) in [6.07, 6.45) is 4.93. The second-order valence-corrected chi connectivity index (χ2v) is 5.47. The van der Waals surface area contributed by atoms with Crippen molar-refractivity contribution >= 4 is 15.7 Å². The van der Waals surface area contributed by atoms with Crippen molar-refractivity contribution in [3.8, 4) is 12.3 Å². The first kappa shape index (κ1) is 15.0. The van der Waals surface area contributed by atoms with Crippen LogP contribution in [0.15, 0.2) is 17.0 Å². The summed E-state index contributed by atoms with van der Waals surface area (Å²) in [6.45, 7) is -0.354. The molecule has 0 atom stereocenters. The van der Waals surface area contributed by atoms with Gasteiger partial charge in [-0.25, -0.2) is 12.8 Å². The van der Waals surface area contributed by atoms with Crippen molar-refractivity contribution in [2.24, 2.45) is 0 Å². The van der Waals surface area contributed by atoms with Crippen LogP contribution in [0, 0.1) is 34.1 Å². The predicted octanol–water partition coefficient (Wildman–Crippen LogP) is 1.13. The molecule has 0 bridgehead atoms. The maximum atomic E-state index is 13.5. The van der Waals surface area contributed by atoms with Gasteiger partial charge in [0.25, 0.3) is 0 Å². The zero-order valence-electron chi connectivity index (χ0n) is 9.63. The summed E-state index contributed by atoms with van der Waals surface area (Å²) >= 11 is 0. The van der Waals surface area contributed by atoms with Gasteiger partial charge in [-0.2, -0.15) is 8.70 Å². The van der Waals surface area contributed by atoms with Gasteiger partial charge >= 0.3 is 5.69 Å². The average Bonchev–Trinajstić information content (AvgIpc) is 2.28. The number of hydrogen-bond donors (Lipinski definition) is 0. The number of terminal acetylenes is 1.